The van der Waals surface area contributed by atoms with Gasteiger partial charge in [-0.3, -0.25) is 4.79 Å². The molecular weight excluding hydrogens is 424 g/mol. The molecule has 0 amide bonds. The van der Waals surface area contributed by atoms with Gasteiger partial charge in [-0.2, -0.15) is 0 Å². The van der Waals surface area contributed by atoms with Gasteiger partial charge in [-0.15, -0.1) is 0 Å². The van der Waals surface area contributed by atoms with Crippen molar-refractivity contribution in [1.82, 2.24) is 9.88 Å². The zero-order valence-electron chi connectivity index (χ0n) is 18.7. The molecule has 1 aliphatic heterocycles. The predicted octanol–water partition coefficient (Wildman–Crippen LogP) is 1.95. The average Bonchev–Trinajstić information content (AvgIpc) is 2.75. The number of nitrogens with zero attached hydrogens (tertiary/aromatic N) is 1. The lowest BCUT2D eigenvalue weighted by Gasteiger charge is -2.26. The minimum absolute atomic E-state index is 0.130. The molecule has 0 aliphatic carbocycles. The van der Waals surface area contributed by atoms with Crippen LogP contribution in [0.2, 0.25) is 0 Å². The predicted molar refractivity (Wildman–Crippen MR) is 131 cm³/mol. The summed E-state index contributed by atoms with van der Waals surface area (Å²) in [5.74, 6) is 1.36. The third-order valence-corrected chi connectivity index (χ3v) is 5.74. The van der Waals surface area contributed by atoms with Crippen LogP contribution in [0.15, 0.2) is 47.3 Å². The molecule has 2 aromatic carbocycles. The van der Waals surface area contributed by atoms with Crippen molar-refractivity contribution in [2.24, 2.45) is 0 Å². The Balaban J connectivity index is 1.60. The first-order chi connectivity index (χ1) is 15.4. The van der Waals surface area contributed by atoms with Gasteiger partial charge in [0, 0.05) is 22.7 Å². The van der Waals surface area contributed by atoms with Crippen molar-refractivity contribution in [3.63, 3.8) is 0 Å². The van der Waals surface area contributed by atoms with E-state index in [1.807, 2.05) is 48.2 Å². The second-order valence-electron chi connectivity index (χ2n) is 8.39. The van der Waals surface area contributed by atoms with E-state index in [1.165, 1.54) is 4.90 Å². The van der Waals surface area contributed by atoms with Gasteiger partial charge in [0.2, 0.25) is 0 Å². The molecule has 0 saturated carbocycles. The third kappa shape index (κ3) is 5.20. The molecule has 2 heterocycles. The first-order valence-corrected chi connectivity index (χ1v) is 11.2. The van der Waals surface area contributed by atoms with E-state index in [9.17, 15) is 4.79 Å². The molecule has 1 aromatic heterocycles. The number of H-pyrrole nitrogens is 1. The van der Waals surface area contributed by atoms with Gasteiger partial charge in [0.15, 0.2) is 16.6 Å². The quantitative estimate of drug-likeness (QED) is 0.496. The maximum absolute atomic E-state index is 12.9. The van der Waals surface area contributed by atoms with Crippen LogP contribution in [-0.2, 0) is 6.54 Å². The zero-order chi connectivity index (χ0) is 22.7. The van der Waals surface area contributed by atoms with Crippen LogP contribution in [0.25, 0.3) is 10.9 Å². The number of pyridine rings is 1. The summed E-state index contributed by atoms with van der Waals surface area (Å²) in [6, 6.07) is 13.7. The number of quaternary nitrogens is 1. The molecule has 0 bridgehead atoms. The highest BCUT2D eigenvalue weighted by molar-refractivity contribution is 7.80. The van der Waals surface area contributed by atoms with Crippen LogP contribution in [0, 0.1) is 6.92 Å². The van der Waals surface area contributed by atoms with Gasteiger partial charge in [-0.25, -0.2) is 0 Å². The Kier molecular flexibility index (Phi) is 6.62. The summed E-state index contributed by atoms with van der Waals surface area (Å²) >= 11 is 5.73. The molecule has 3 N–H and O–H groups in total. The van der Waals surface area contributed by atoms with Crippen LogP contribution < -0.4 is 25.2 Å². The summed E-state index contributed by atoms with van der Waals surface area (Å²) in [7, 11) is 4.20. The fourth-order valence-corrected chi connectivity index (χ4v) is 3.92. The molecule has 0 unspecified atom stereocenters. The first kappa shape index (κ1) is 22.1. The number of likely N-dealkylation sites (N-methyl/N-ethyl adjacent to an activating group) is 1. The number of nitrogens with one attached hydrogen (secondary N) is 3. The van der Waals surface area contributed by atoms with Crippen molar-refractivity contribution in [3.8, 4) is 11.5 Å². The van der Waals surface area contributed by atoms with Crippen molar-refractivity contribution in [2.75, 3.05) is 45.7 Å². The highest BCUT2D eigenvalue weighted by atomic mass is 32.1. The van der Waals surface area contributed by atoms with Crippen LogP contribution >= 0.6 is 12.2 Å². The van der Waals surface area contributed by atoms with Crippen LogP contribution in [-0.4, -0.2) is 55.4 Å². The molecule has 4 rings (SSSR count). The topological polar surface area (TPSA) is 71.0 Å². The van der Waals surface area contributed by atoms with Gasteiger partial charge in [0.1, 0.15) is 13.2 Å². The lowest BCUT2D eigenvalue weighted by molar-refractivity contribution is -0.857. The van der Waals surface area contributed by atoms with Crippen LogP contribution in [0.5, 0.6) is 11.5 Å². The standard InChI is InChI=1S/C24H28N4O3S/c1-16-5-4-6-19(11-16)25-24(32)28(8-7-27(2)3)15-18-12-17-13-21-22(31-10-9-30-21)14-20(17)26-23(18)29/h4-6,11-14H,7-10,15H2,1-3H3,(H,25,32)(H,26,29)/p+1. The highest BCUT2D eigenvalue weighted by Gasteiger charge is 2.17. The van der Waals surface area contributed by atoms with Gasteiger partial charge in [-0.1, -0.05) is 12.1 Å². The number of thiocarbonyl (C=S) groups is 1. The maximum Gasteiger partial charge on any atom is 0.253 e. The van der Waals surface area contributed by atoms with Crippen molar-refractivity contribution >= 4 is 33.9 Å². The van der Waals surface area contributed by atoms with Gasteiger partial charge < -0.3 is 29.6 Å². The van der Waals surface area contributed by atoms with Gasteiger partial charge in [0.05, 0.1) is 39.2 Å². The van der Waals surface area contributed by atoms with E-state index in [1.54, 1.807) is 0 Å². The molecular formula is C24H29N4O3S+. The van der Waals surface area contributed by atoms with E-state index in [2.05, 4.69) is 30.5 Å². The van der Waals surface area contributed by atoms with E-state index in [0.29, 0.717) is 41.9 Å². The van der Waals surface area contributed by atoms with E-state index in [0.717, 1.165) is 35.2 Å². The smallest absolute Gasteiger partial charge is 0.253 e. The monoisotopic (exact) mass is 453 g/mol. The number of hydrogen-bond acceptors (Lipinski definition) is 4. The molecule has 0 fully saturated rings. The number of aromatic nitrogens is 1. The number of hydrogen-bond donors (Lipinski definition) is 3. The number of ether oxygens (including phenoxy) is 2. The maximum atomic E-state index is 12.9. The molecule has 32 heavy (non-hydrogen) atoms. The Hall–Kier alpha value is -3.10. The SMILES string of the molecule is Cc1cccc(NC(=S)N(CC[NH+](C)C)Cc2cc3cc4c(cc3[nH]c2=O)OCCO4)c1. The summed E-state index contributed by atoms with van der Waals surface area (Å²) in [5.41, 5.74) is 3.34. The molecule has 168 valence electrons. The van der Waals surface area contributed by atoms with Gasteiger partial charge in [-0.05, 0) is 49.0 Å². The Morgan fingerprint density at radius 1 is 1.16 bits per heavy atom. The molecule has 0 atom stereocenters. The van der Waals surface area contributed by atoms with Crippen LogP contribution in [0.3, 0.4) is 0 Å². The van der Waals surface area contributed by atoms with Crippen molar-refractivity contribution < 1.29 is 14.4 Å². The Morgan fingerprint density at radius 2 is 1.91 bits per heavy atom. The summed E-state index contributed by atoms with van der Waals surface area (Å²) < 4.78 is 11.3. The van der Waals surface area contributed by atoms with E-state index in [-0.39, 0.29) is 5.56 Å². The van der Waals surface area contributed by atoms with Gasteiger partial charge in [0.25, 0.3) is 5.56 Å². The minimum atomic E-state index is -0.130. The number of benzene rings is 2. The molecule has 1 aliphatic rings. The number of aryl methyl sites for hydroxylation is 1. The summed E-state index contributed by atoms with van der Waals surface area (Å²) in [6.07, 6.45) is 0. The largest absolute Gasteiger partial charge is 0.486 e. The lowest BCUT2D eigenvalue weighted by Crippen LogP contribution is -3.06. The zero-order valence-corrected chi connectivity index (χ0v) is 19.5. The summed E-state index contributed by atoms with van der Waals surface area (Å²) in [4.78, 5) is 19.2. The van der Waals surface area contributed by atoms with Gasteiger partial charge >= 0.3 is 0 Å². The Labute approximate surface area is 192 Å². The average molecular weight is 454 g/mol. The van der Waals surface area contributed by atoms with Crippen molar-refractivity contribution in [2.45, 2.75) is 13.5 Å². The van der Waals surface area contributed by atoms with E-state index in [4.69, 9.17) is 21.7 Å². The number of aromatic amines is 1. The van der Waals surface area contributed by atoms with E-state index < -0.39 is 0 Å². The second kappa shape index (κ2) is 9.58. The fraction of sp³-hybridized carbons (Fsp3) is 0.333. The van der Waals surface area contributed by atoms with Crippen molar-refractivity contribution in [1.29, 1.82) is 0 Å². The molecule has 3 aromatic rings. The molecule has 7 nitrogen and oxygen atoms in total. The fourth-order valence-electron chi connectivity index (χ4n) is 3.65. The molecule has 0 saturated heterocycles. The Bertz CT molecular complexity index is 1190. The minimum Gasteiger partial charge on any atom is -0.486 e. The summed E-state index contributed by atoms with van der Waals surface area (Å²) in [6.45, 7) is 5.09. The summed E-state index contributed by atoms with van der Waals surface area (Å²) in [5, 5.41) is 4.82. The van der Waals surface area contributed by atoms with Crippen LogP contribution in [0.4, 0.5) is 5.69 Å². The number of fused-ring (bicyclic) bond motifs is 2. The first-order valence-electron chi connectivity index (χ1n) is 10.8. The van der Waals surface area contributed by atoms with E-state index >= 15 is 0 Å². The normalized spacial score (nSPS) is 12.8. The second-order valence-corrected chi connectivity index (χ2v) is 8.77. The number of anilines is 1. The van der Waals surface area contributed by atoms with Crippen LogP contribution in [0.1, 0.15) is 11.1 Å². The molecule has 0 radical (unpaired) electrons. The lowest BCUT2D eigenvalue weighted by atomic mass is 10.1. The van der Waals surface area contributed by atoms with Crippen molar-refractivity contribution in [3.05, 3.63) is 63.9 Å². The Morgan fingerprint density at radius 3 is 2.62 bits per heavy atom. The highest BCUT2D eigenvalue weighted by Crippen LogP contribution is 2.33. The number of rotatable bonds is 6. The molecule has 8 heteroatoms. The third-order valence-electron chi connectivity index (χ3n) is 5.38. The molecule has 0 spiro atoms.